The molecule has 0 aliphatic heterocycles. The molecule has 0 aromatic heterocycles. The van der Waals surface area contributed by atoms with Crippen molar-refractivity contribution in [2.45, 2.75) is 61.8 Å². The Hall–Kier alpha value is -5.24. The van der Waals surface area contributed by atoms with E-state index in [9.17, 15) is 19.2 Å². The van der Waals surface area contributed by atoms with Gasteiger partial charge in [-0.15, -0.1) is 0 Å². The molecule has 0 saturated heterocycles. The van der Waals surface area contributed by atoms with E-state index in [0.29, 0.717) is 57.4 Å². The summed E-state index contributed by atoms with van der Waals surface area (Å²) in [4.78, 5) is 56.2. The summed E-state index contributed by atoms with van der Waals surface area (Å²) < 4.78 is 11.1. The van der Waals surface area contributed by atoms with Gasteiger partial charge in [-0.2, -0.15) is 0 Å². The quantitative estimate of drug-likeness (QED) is 0.0435. The van der Waals surface area contributed by atoms with Gasteiger partial charge in [0.15, 0.2) is 11.6 Å². The molecule has 280 valence electrons. The van der Waals surface area contributed by atoms with E-state index in [1.165, 1.54) is 24.3 Å². The Morgan fingerprint density at radius 3 is 0.943 bits per heavy atom. The second kappa shape index (κ2) is 19.0. The van der Waals surface area contributed by atoms with Crippen molar-refractivity contribution in [3.8, 4) is 11.5 Å². The molecule has 0 atom stereocenters. The molecule has 0 N–H and O–H groups in total. The number of ketones is 2. The molecule has 0 amide bonds. The molecular weight excluding hydrogens is 665 g/mol. The Kier molecular flexibility index (Phi) is 14.5. The second-order valence-electron chi connectivity index (χ2n) is 15.3. The Bertz CT molecular complexity index is 1650. The number of hydrogen-bond donors (Lipinski definition) is 0. The van der Waals surface area contributed by atoms with Gasteiger partial charge in [0, 0.05) is 48.7 Å². The molecule has 0 saturated carbocycles. The third kappa shape index (κ3) is 12.4. The number of Topliss-reactive ketones (excluding diaryl/α,β-unsaturated/α-hetero) is 2. The van der Waals surface area contributed by atoms with Crippen LogP contribution in [0.15, 0.2) is 97.1 Å². The topological polar surface area (TPSA) is 93.2 Å². The number of carbonyl (C=O) groups is 4. The average molecular weight is 719 g/mol. The lowest BCUT2D eigenvalue weighted by Gasteiger charge is -2.28. The molecule has 0 aliphatic rings. The number of rotatable bonds is 18. The van der Waals surface area contributed by atoms with Crippen LogP contribution in [-0.2, 0) is 0 Å². The fourth-order valence-electron chi connectivity index (χ4n) is 6.05. The van der Waals surface area contributed by atoms with Crippen LogP contribution in [0.4, 0.5) is 11.4 Å². The number of nitrogens with zero attached hydrogens (tertiary/aromatic N) is 2. The van der Waals surface area contributed by atoms with E-state index in [2.05, 4.69) is 65.2 Å². The van der Waals surface area contributed by atoms with Crippen molar-refractivity contribution in [2.75, 3.05) is 36.0 Å². The SMILES string of the molecule is CC(C)CN(CC(C)C)c1ccc(C(=O)Oc2ccc(C(=O)CC(=O)c3ccc(OC(=O)c4ccc(N(CC(C)C)CC(C)C)cc4)cc3)cc2)cc1. The van der Waals surface area contributed by atoms with Gasteiger partial charge in [0.25, 0.3) is 0 Å². The van der Waals surface area contributed by atoms with Crippen LogP contribution in [0.1, 0.15) is 103 Å². The van der Waals surface area contributed by atoms with E-state index in [4.69, 9.17) is 9.47 Å². The molecule has 0 heterocycles. The minimum Gasteiger partial charge on any atom is -0.423 e. The van der Waals surface area contributed by atoms with Gasteiger partial charge in [-0.25, -0.2) is 9.59 Å². The third-order valence-electron chi connectivity index (χ3n) is 8.37. The molecule has 0 bridgehead atoms. The normalized spacial score (nSPS) is 11.2. The van der Waals surface area contributed by atoms with E-state index >= 15 is 0 Å². The summed E-state index contributed by atoms with van der Waals surface area (Å²) in [7, 11) is 0. The standard InChI is InChI=1S/C45H54N2O6/c1-30(2)26-46(27-31(3)4)38-17-9-36(10-18-38)44(50)52-40-21-13-34(14-22-40)42(48)25-43(49)35-15-23-41(24-16-35)53-45(51)37-11-19-39(20-12-37)47(28-32(5)6)29-33(7)8/h9-24,30-33H,25-29H2,1-8H3. The molecule has 53 heavy (non-hydrogen) atoms. The van der Waals surface area contributed by atoms with Gasteiger partial charge in [-0.1, -0.05) is 55.4 Å². The molecule has 0 aliphatic carbocycles. The maximum atomic E-state index is 12.9. The van der Waals surface area contributed by atoms with Crippen molar-refractivity contribution in [3.05, 3.63) is 119 Å². The fourth-order valence-corrected chi connectivity index (χ4v) is 6.05. The summed E-state index contributed by atoms with van der Waals surface area (Å²) in [5.74, 6) is 0.891. The van der Waals surface area contributed by atoms with Gasteiger partial charge >= 0.3 is 11.9 Å². The van der Waals surface area contributed by atoms with Gasteiger partial charge in [-0.3, -0.25) is 9.59 Å². The molecule has 0 spiro atoms. The summed E-state index contributed by atoms with van der Waals surface area (Å²) in [6.07, 6.45) is -0.341. The zero-order valence-electron chi connectivity index (χ0n) is 32.4. The van der Waals surface area contributed by atoms with Crippen LogP contribution in [0, 0.1) is 23.7 Å². The molecule has 0 unspecified atom stereocenters. The number of benzene rings is 4. The molecule has 4 rings (SSSR count). The minimum atomic E-state index is -0.498. The number of esters is 2. The molecule has 0 fully saturated rings. The van der Waals surface area contributed by atoms with Crippen molar-refractivity contribution < 1.29 is 28.7 Å². The van der Waals surface area contributed by atoms with Crippen LogP contribution in [0.3, 0.4) is 0 Å². The Balaban J connectivity index is 1.29. The van der Waals surface area contributed by atoms with E-state index in [0.717, 1.165) is 37.6 Å². The van der Waals surface area contributed by atoms with Crippen LogP contribution in [0.2, 0.25) is 0 Å². The smallest absolute Gasteiger partial charge is 0.343 e. The summed E-state index contributed by atoms with van der Waals surface area (Å²) in [6, 6.07) is 27.1. The summed E-state index contributed by atoms with van der Waals surface area (Å²) in [5.41, 5.74) is 3.62. The lowest BCUT2D eigenvalue weighted by Crippen LogP contribution is -2.31. The van der Waals surface area contributed by atoms with Crippen LogP contribution in [0.5, 0.6) is 11.5 Å². The van der Waals surface area contributed by atoms with Crippen LogP contribution < -0.4 is 19.3 Å². The predicted octanol–water partition coefficient (Wildman–Crippen LogP) is 9.82. The first-order valence-corrected chi connectivity index (χ1v) is 18.6. The highest BCUT2D eigenvalue weighted by molar-refractivity contribution is 6.13. The minimum absolute atomic E-state index is 0.295. The Morgan fingerprint density at radius 2 is 0.679 bits per heavy atom. The van der Waals surface area contributed by atoms with E-state index in [1.54, 1.807) is 48.5 Å². The molecular formula is C45H54N2O6. The molecule has 8 nitrogen and oxygen atoms in total. The highest BCUT2D eigenvalue weighted by Crippen LogP contribution is 2.23. The molecule has 0 radical (unpaired) electrons. The molecule has 4 aromatic rings. The number of anilines is 2. The number of ether oxygens (including phenoxy) is 2. The van der Waals surface area contributed by atoms with Crippen LogP contribution in [0.25, 0.3) is 0 Å². The lowest BCUT2D eigenvalue weighted by molar-refractivity contribution is 0.0725. The second-order valence-corrected chi connectivity index (χ2v) is 15.3. The highest BCUT2D eigenvalue weighted by atomic mass is 16.5. The third-order valence-corrected chi connectivity index (χ3v) is 8.37. The maximum absolute atomic E-state index is 12.9. The zero-order valence-corrected chi connectivity index (χ0v) is 32.4. The predicted molar refractivity (Wildman–Crippen MR) is 213 cm³/mol. The monoisotopic (exact) mass is 718 g/mol. The van der Waals surface area contributed by atoms with Gasteiger partial charge < -0.3 is 19.3 Å². The van der Waals surface area contributed by atoms with Gasteiger partial charge in [-0.05, 0) is 121 Å². The Labute approximate surface area is 315 Å². The fraction of sp³-hybridized carbons (Fsp3) is 0.378. The first-order valence-electron chi connectivity index (χ1n) is 18.6. The first-order chi connectivity index (χ1) is 25.2. The zero-order chi connectivity index (χ0) is 38.7. The van der Waals surface area contributed by atoms with Crippen LogP contribution in [-0.4, -0.2) is 49.7 Å². The lowest BCUT2D eigenvalue weighted by atomic mass is 10.0. The summed E-state index contributed by atoms with van der Waals surface area (Å²) in [5, 5.41) is 0. The van der Waals surface area contributed by atoms with Crippen molar-refractivity contribution in [1.82, 2.24) is 0 Å². The van der Waals surface area contributed by atoms with E-state index in [-0.39, 0.29) is 18.0 Å². The van der Waals surface area contributed by atoms with Gasteiger partial charge in [0.2, 0.25) is 0 Å². The van der Waals surface area contributed by atoms with Gasteiger partial charge in [0.05, 0.1) is 17.5 Å². The molecule has 4 aromatic carbocycles. The van der Waals surface area contributed by atoms with Crippen molar-refractivity contribution in [2.24, 2.45) is 23.7 Å². The molecule has 8 heteroatoms. The average Bonchev–Trinajstić information content (AvgIpc) is 3.11. The first kappa shape index (κ1) is 40.5. The van der Waals surface area contributed by atoms with E-state index in [1.807, 2.05) is 24.3 Å². The van der Waals surface area contributed by atoms with Crippen molar-refractivity contribution in [3.63, 3.8) is 0 Å². The van der Waals surface area contributed by atoms with E-state index < -0.39 is 11.9 Å². The summed E-state index contributed by atoms with van der Waals surface area (Å²) >= 11 is 0. The number of hydrogen-bond acceptors (Lipinski definition) is 8. The number of carbonyl (C=O) groups excluding carboxylic acids is 4. The van der Waals surface area contributed by atoms with Crippen molar-refractivity contribution in [1.29, 1.82) is 0 Å². The highest BCUT2D eigenvalue weighted by Gasteiger charge is 2.18. The van der Waals surface area contributed by atoms with Gasteiger partial charge in [0.1, 0.15) is 11.5 Å². The Morgan fingerprint density at radius 1 is 0.415 bits per heavy atom. The summed E-state index contributed by atoms with van der Waals surface area (Å²) in [6.45, 7) is 21.2. The van der Waals surface area contributed by atoms with Crippen molar-refractivity contribution >= 4 is 34.9 Å². The van der Waals surface area contributed by atoms with Crippen LogP contribution >= 0.6 is 0 Å². The maximum Gasteiger partial charge on any atom is 0.343 e. The largest absolute Gasteiger partial charge is 0.423 e.